The zero-order valence-electron chi connectivity index (χ0n) is 13.9. The molecule has 0 amide bonds. The summed E-state index contributed by atoms with van der Waals surface area (Å²) in [6, 6.07) is 6.31. The van der Waals surface area contributed by atoms with Crippen molar-refractivity contribution in [3.8, 4) is 0 Å². The van der Waals surface area contributed by atoms with E-state index >= 15 is 0 Å². The summed E-state index contributed by atoms with van der Waals surface area (Å²) in [5.74, 6) is 0.561. The fourth-order valence-electron chi connectivity index (χ4n) is 2.75. The lowest BCUT2D eigenvalue weighted by Crippen LogP contribution is -2.16. The minimum Gasteiger partial charge on any atom is -0.298 e. The van der Waals surface area contributed by atoms with Crippen molar-refractivity contribution in [1.82, 2.24) is 0 Å². The van der Waals surface area contributed by atoms with Gasteiger partial charge in [0.25, 0.3) is 0 Å². The predicted octanol–water partition coefficient (Wildman–Crippen LogP) is 5.56. The van der Waals surface area contributed by atoms with Gasteiger partial charge in [-0.3, -0.25) is 4.79 Å². The number of carbonyl (C=O) groups excluding carboxylic acids is 1. The standard InChI is InChI=1S/C20H26O/c1-6-20(4,5)18-11-16(13-21)10-17(12-18)19-9-14(2)7-8-15(19)3/h8-14H,6-7H2,1-5H3. The van der Waals surface area contributed by atoms with Crippen LogP contribution in [0.15, 0.2) is 35.9 Å². The molecule has 0 aromatic heterocycles. The minimum atomic E-state index is 0.0895. The Balaban J connectivity index is 2.57. The fraction of sp³-hybridized carbons (Fsp3) is 0.450. The summed E-state index contributed by atoms with van der Waals surface area (Å²) < 4.78 is 0. The van der Waals surface area contributed by atoms with Crippen molar-refractivity contribution in [3.63, 3.8) is 0 Å². The molecular weight excluding hydrogens is 256 g/mol. The number of rotatable bonds is 4. The molecule has 0 saturated heterocycles. The van der Waals surface area contributed by atoms with E-state index < -0.39 is 0 Å². The fourth-order valence-corrected chi connectivity index (χ4v) is 2.75. The van der Waals surface area contributed by atoms with Gasteiger partial charge < -0.3 is 0 Å². The van der Waals surface area contributed by atoms with Crippen molar-refractivity contribution < 1.29 is 4.79 Å². The number of allylic oxidation sites excluding steroid dienone is 4. The zero-order valence-corrected chi connectivity index (χ0v) is 13.9. The Hall–Kier alpha value is -1.63. The largest absolute Gasteiger partial charge is 0.298 e. The lowest BCUT2D eigenvalue weighted by atomic mass is 9.79. The summed E-state index contributed by atoms with van der Waals surface area (Å²) in [6.07, 6.45) is 7.76. The first-order valence-electron chi connectivity index (χ1n) is 7.87. The molecule has 1 aliphatic carbocycles. The summed E-state index contributed by atoms with van der Waals surface area (Å²) >= 11 is 0. The van der Waals surface area contributed by atoms with E-state index in [1.807, 2.05) is 12.1 Å². The molecule has 112 valence electrons. The van der Waals surface area contributed by atoms with Crippen molar-refractivity contribution in [3.05, 3.63) is 52.6 Å². The normalized spacial score (nSPS) is 19.0. The maximum Gasteiger partial charge on any atom is 0.150 e. The second-order valence-electron chi connectivity index (χ2n) is 6.88. The van der Waals surface area contributed by atoms with Gasteiger partial charge in [-0.25, -0.2) is 0 Å². The topological polar surface area (TPSA) is 17.1 Å². The highest BCUT2D eigenvalue weighted by atomic mass is 16.1. The molecule has 1 aromatic rings. The number of hydrogen-bond acceptors (Lipinski definition) is 1. The van der Waals surface area contributed by atoms with Crippen LogP contribution >= 0.6 is 0 Å². The predicted molar refractivity (Wildman–Crippen MR) is 90.7 cm³/mol. The van der Waals surface area contributed by atoms with E-state index in [0.29, 0.717) is 5.92 Å². The first-order chi connectivity index (χ1) is 9.87. The Morgan fingerprint density at radius 3 is 2.62 bits per heavy atom. The van der Waals surface area contributed by atoms with Crippen LogP contribution in [0, 0.1) is 5.92 Å². The Morgan fingerprint density at radius 2 is 2.00 bits per heavy atom. The number of aldehydes is 1. The van der Waals surface area contributed by atoms with Gasteiger partial charge in [0.15, 0.2) is 0 Å². The smallest absolute Gasteiger partial charge is 0.150 e. The molecule has 0 bridgehead atoms. The lowest BCUT2D eigenvalue weighted by Gasteiger charge is -2.26. The van der Waals surface area contributed by atoms with Gasteiger partial charge in [-0.1, -0.05) is 45.9 Å². The molecule has 21 heavy (non-hydrogen) atoms. The molecule has 1 unspecified atom stereocenters. The molecule has 0 radical (unpaired) electrons. The average Bonchev–Trinajstić information content (AvgIpc) is 2.49. The third kappa shape index (κ3) is 3.34. The molecule has 2 rings (SSSR count). The van der Waals surface area contributed by atoms with E-state index in [9.17, 15) is 4.79 Å². The Labute approximate surface area is 128 Å². The van der Waals surface area contributed by atoms with Crippen molar-refractivity contribution in [2.75, 3.05) is 0 Å². The Bertz CT molecular complexity index is 602. The van der Waals surface area contributed by atoms with Crippen LogP contribution in [0.2, 0.25) is 0 Å². The molecule has 1 heteroatoms. The maximum absolute atomic E-state index is 11.3. The summed E-state index contributed by atoms with van der Waals surface area (Å²) in [4.78, 5) is 11.3. The second-order valence-corrected chi connectivity index (χ2v) is 6.88. The number of hydrogen-bond donors (Lipinski definition) is 0. The highest BCUT2D eigenvalue weighted by molar-refractivity contribution is 5.84. The van der Waals surface area contributed by atoms with Crippen LogP contribution in [0.4, 0.5) is 0 Å². The van der Waals surface area contributed by atoms with E-state index in [1.165, 1.54) is 22.3 Å². The first-order valence-corrected chi connectivity index (χ1v) is 7.87. The van der Waals surface area contributed by atoms with Crippen LogP contribution < -0.4 is 0 Å². The monoisotopic (exact) mass is 282 g/mol. The minimum absolute atomic E-state index is 0.0895. The molecule has 0 N–H and O–H groups in total. The van der Waals surface area contributed by atoms with Crippen LogP contribution in [0.3, 0.4) is 0 Å². The van der Waals surface area contributed by atoms with Gasteiger partial charge in [-0.05, 0) is 65.5 Å². The number of carbonyl (C=O) groups is 1. The van der Waals surface area contributed by atoms with Gasteiger partial charge in [0, 0.05) is 5.56 Å². The van der Waals surface area contributed by atoms with Gasteiger partial charge in [0.05, 0.1) is 0 Å². The van der Waals surface area contributed by atoms with E-state index in [-0.39, 0.29) is 5.41 Å². The molecule has 0 spiro atoms. The maximum atomic E-state index is 11.3. The van der Waals surface area contributed by atoms with Gasteiger partial charge in [0.2, 0.25) is 0 Å². The van der Waals surface area contributed by atoms with Gasteiger partial charge >= 0.3 is 0 Å². The molecule has 1 aromatic carbocycles. The molecule has 0 saturated carbocycles. The van der Waals surface area contributed by atoms with Crippen molar-refractivity contribution in [2.45, 2.75) is 52.9 Å². The Morgan fingerprint density at radius 1 is 1.29 bits per heavy atom. The molecule has 0 aliphatic heterocycles. The van der Waals surface area contributed by atoms with Crippen LogP contribution in [0.1, 0.15) is 68.9 Å². The van der Waals surface area contributed by atoms with Gasteiger partial charge in [-0.15, -0.1) is 0 Å². The Kier molecular flexibility index (Phi) is 4.51. The summed E-state index contributed by atoms with van der Waals surface area (Å²) in [6.45, 7) is 11.1. The molecule has 1 aliphatic rings. The van der Waals surface area contributed by atoms with E-state index in [0.717, 1.165) is 24.7 Å². The molecular formula is C20H26O. The average molecular weight is 282 g/mol. The number of benzene rings is 1. The van der Waals surface area contributed by atoms with E-state index in [2.05, 4.69) is 52.8 Å². The second kappa shape index (κ2) is 6.01. The highest BCUT2D eigenvalue weighted by Gasteiger charge is 2.21. The molecule has 1 atom stereocenters. The van der Waals surface area contributed by atoms with Crippen LogP contribution in [-0.2, 0) is 5.41 Å². The highest BCUT2D eigenvalue weighted by Crippen LogP contribution is 2.34. The van der Waals surface area contributed by atoms with Crippen molar-refractivity contribution >= 4 is 11.9 Å². The van der Waals surface area contributed by atoms with Crippen LogP contribution in [-0.4, -0.2) is 6.29 Å². The quantitative estimate of drug-likeness (QED) is 0.661. The summed E-state index contributed by atoms with van der Waals surface area (Å²) in [7, 11) is 0. The van der Waals surface area contributed by atoms with E-state index in [1.54, 1.807) is 0 Å². The van der Waals surface area contributed by atoms with E-state index in [4.69, 9.17) is 0 Å². The molecule has 0 heterocycles. The lowest BCUT2D eigenvalue weighted by molar-refractivity contribution is 0.112. The molecule has 0 fully saturated rings. The first kappa shape index (κ1) is 15.8. The van der Waals surface area contributed by atoms with Gasteiger partial charge in [0.1, 0.15) is 6.29 Å². The summed E-state index contributed by atoms with van der Waals surface area (Å²) in [5, 5.41) is 0. The van der Waals surface area contributed by atoms with Crippen molar-refractivity contribution in [1.29, 1.82) is 0 Å². The summed E-state index contributed by atoms with van der Waals surface area (Å²) in [5.41, 5.74) is 5.89. The van der Waals surface area contributed by atoms with Crippen molar-refractivity contribution in [2.24, 2.45) is 5.92 Å². The van der Waals surface area contributed by atoms with Crippen LogP contribution in [0.5, 0.6) is 0 Å². The SMILES string of the molecule is CCC(C)(C)c1cc(C=O)cc(C2=CC(C)CC=C2C)c1. The zero-order chi connectivity index (χ0) is 15.6. The van der Waals surface area contributed by atoms with Crippen LogP contribution in [0.25, 0.3) is 5.57 Å². The third-order valence-electron chi connectivity index (χ3n) is 4.74. The third-order valence-corrected chi connectivity index (χ3v) is 4.74. The van der Waals surface area contributed by atoms with Gasteiger partial charge in [-0.2, -0.15) is 0 Å². The molecule has 1 nitrogen and oxygen atoms in total.